The highest BCUT2D eigenvalue weighted by molar-refractivity contribution is 5.92. The van der Waals surface area contributed by atoms with E-state index in [9.17, 15) is 4.79 Å². The van der Waals surface area contributed by atoms with E-state index >= 15 is 0 Å². The SMILES string of the molecule is CC1CCN(CCNCc2cccc(C(N)=O)c2)CC1. The zero-order valence-electron chi connectivity index (χ0n) is 12.3. The Bertz CT molecular complexity index is 439. The van der Waals surface area contributed by atoms with Gasteiger partial charge in [-0.15, -0.1) is 0 Å². The third-order valence-corrected chi connectivity index (χ3v) is 4.02. The fraction of sp³-hybridized carbons (Fsp3) is 0.562. The summed E-state index contributed by atoms with van der Waals surface area (Å²) in [6, 6.07) is 7.50. The minimum Gasteiger partial charge on any atom is -0.366 e. The molecule has 3 N–H and O–H groups in total. The van der Waals surface area contributed by atoms with Gasteiger partial charge in [-0.05, 0) is 49.5 Å². The first-order valence-electron chi connectivity index (χ1n) is 7.47. The molecule has 4 nitrogen and oxygen atoms in total. The van der Waals surface area contributed by atoms with Crippen LogP contribution in [0.4, 0.5) is 0 Å². The summed E-state index contributed by atoms with van der Waals surface area (Å²) in [7, 11) is 0. The first-order chi connectivity index (χ1) is 9.65. The van der Waals surface area contributed by atoms with E-state index < -0.39 is 0 Å². The predicted molar refractivity (Wildman–Crippen MR) is 81.5 cm³/mol. The maximum absolute atomic E-state index is 11.1. The number of nitrogens with zero attached hydrogens (tertiary/aromatic N) is 1. The predicted octanol–water partition coefficient (Wildman–Crippen LogP) is 1.61. The van der Waals surface area contributed by atoms with Crippen LogP contribution in [0.15, 0.2) is 24.3 Å². The molecule has 0 unspecified atom stereocenters. The van der Waals surface area contributed by atoms with E-state index in [1.54, 1.807) is 6.07 Å². The summed E-state index contributed by atoms with van der Waals surface area (Å²) in [4.78, 5) is 13.6. The molecule has 20 heavy (non-hydrogen) atoms. The van der Waals surface area contributed by atoms with Gasteiger partial charge in [-0.3, -0.25) is 4.79 Å². The molecule has 1 aliphatic rings. The lowest BCUT2D eigenvalue weighted by atomic mass is 9.99. The van der Waals surface area contributed by atoms with Crippen molar-refractivity contribution in [3.8, 4) is 0 Å². The maximum atomic E-state index is 11.1. The lowest BCUT2D eigenvalue weighted by Crippen LogP contribution is -2.37. The number of benzene rings is 1. The number of hydrogen-bond acceptors (Lipinski definition) is 3. The van der Waals surface area contributed by atoms with E-state index in [0.29, 0.717) is 5.56 Å². The van der Waals surface area contributed by atoms with E-state index in [2.05, 4.69) is 17.1 Å². The van der Waals surface area contributed by atoms with Gasteiger partial charge >= 0.3 is 0 Å². The number of nitrogens with one attached hydrogen (secondary N) is 1. The molecule has 0 saturated carbocycles. The normalized spacial score (nSPS) is 17.2. The molecule has 1 aliphatic heterocycles. The van der Waals surface area contributed by atoms with E-state index in [-0.39, 0.29) is 5.91 Å². The van der Waals surface area contributed by atoms with Crippen LogP contribution in [0.3, 0.4) is 0 Å². The second-order valence-electron chi connectivity index (χ2n) is 5.77. The molecule has 1 amide bonds. The lowest BCUT2D eigenvalue weighted by Gasteiger charge is -2.30. The molecule has 0 bridgehead atoms. The fourth-order valence-corrected chi connectivity index (χ4v) is 2.59. The molecule has 110 valence electrons. The van der Waals surface area contributed by atoms with Crippen molar-refractivity contribution in [3.63, 3.8) is 0 Å². The highest BCUT2D eigenvalue weighted by atomic mass is 16.1. The average Bonchev–Trinajstić information content (AvgIpc) is 2.46. The molecule has 0 radical (unpaired) electrons. The number of hydrogen-bond donors (Lipinski definition) is 2. The first-order valence-corrected chi connectivity index (χ1v) is 7.47. The summed E-state index contributed by atoms with van der Waals surface area (Å²) in [6.07, 6.45) is 2.64. The Morgan fingerprint density at radius 1 is 1.40 bits per heavy atom. The molecular formula is C16H25N3O. The van der Waals surface area contributed by atoms with Gasteiger partial charge in [0.25, 0.3) is 0 Å². The monoisotopic (exact) mass is 275 g/mol. The van der Waals surface area contributed by atoms with Crippen LogP contribution in [0.2, 0.25) is 0 Å². The van der Waals surface area contributed by atoms with Crippen molar-refractivity contribution in [3.05, 3.63) is 35.4 Å². The highest BCUT2D eigenvalue weighted by Crippen LogP contribution is 2.15. The molecule has 1 heterocycles. The van der Waals surface area contributed by atoms with Gasteiger partial charge < -0.3 is 16.0 Å². The van der Waals surface area contributed by atoms with E-state index in [1.807, 2.05) is 18.2 Å². The number of rotatable bonds is 6. The molecule has 0 spiro atoms. The van der Waals surface area contributed by atoms with Gasteiger partial charge in [0, 0.05) is 25.2 Å². The standard InChI is InChI=1S/C16H25N3O/c1-13-5-8-19(9-6-13)10-7-18-12-14-3-2-4-15(11-14)16(17)20/h2-4,11,13,18H,5-10,12H2,1H3,(H2,17,20). The van der Waals surface area contributed by atoms with Gasteiger partial charge in [0.1, 0.15) is 0 Å². The molecule has 0 aliphatic carbocycles. The maximum Gasteiger partial charge on any atom is 0.248 e. The van der Waals surface area contributed by atoms with Crippen molar-refractivity contribution in [1.29, 1.82) is 0 Å². The van der Waals surface area contributed by atoms with Gasteiger partial charge in [0.15, 0.2) is 0 Å². The second-order valence-corrected chi connectivity index (χ2v) is 5.77. The van der Waals surface area contributed by atoms with Crippen molar-refractivity contribution < 1.29 is 4.79 Å². The number of amides is 1. The van der Waals surface area contributed by atoms with Crippen molar-refractivity contribution in [1.82, 2.24) is 10.2 Å². The van der Waals surface area contributed by atoms with Crippen LogP contribution in [0.1, 0.15) is 35.7 Å². The van der Waals surface area contributed by atoms with Crippen LogP contribution in [0, 0.1) is 5.92 Å². The Labute approximate surface area is 121 Å². The number of primary amides is 1. The molecule has 0 aromatic heterocycles. The van der Waals surface area contributed by atoms with E-state index in [4.69, 9.17) is 5.73 Å². The zero-order valence-corrected chi connectivity index (χ0v) is 12.3. The topological polar surface area (TPSA) is 58.4 Å². The van der Waals surface area contributed by atoms with Gasteiger partial charge in [-0.1, -0.05) is 19.1 Å². The zero-order chi connectivity index (χ0) is 14.4. The van der Waals surface area contributed by atoms with Crippen molar-refractivity contribution in [2.75, 3.05) is 26.2 Å². The molecule has 0 atom stereocenters. The van der Waals surface area contributed by atoms with Crippen molar-refractivity contribution in [2.45, 2.75) is 26.3 Å². The molecule has 1 aromatic rings. The second kappa shape index (κ2) is 7.41. The number of piperidine rings is 1. The minimum atomic E-state index is -0.366. The van der Waals surface area contributed by atoms with Crippen LogP contribution in [0.5, 0.6) is 0 Å². The summed E-state index contributed by atoms with van der Waals surface area (Å²) in [5, 5.41) is 3.43. The number of nitrogens with two attached hydrogens (primary N) is 1. The molecule has 1 aromatic carbocycles. The summed E-state index contributed by atoms with van der Waals surface area (Å²) in [5.41, 5.74) is 6.96. The smallest absolute Gasteiger partial charge is 0.248 e. The first kappa shape index (κ1) is 15.0. The molecule has 1 fully saturated rings. The largest absolute Gasteiger partial charge is 0.366 e. The highest BCUT2D eigenvalue weighted by Gasteiger charge is 2.14. The van der Waals surface area contributed by atoms with Crippen molar-refractivity contribution in [2.24, 2.45) is 11.7 Å². The third-order valence-electron chi connectivity index (χ3n) is 4.02. The third kappa shape index (κ3) is 4.62. The quantitative estimate of drug-likeness (QED) is 0.775. The van der Waals surface area contributed by atoms with Crippen molar-refractivity contribution >= 4 is 5.91 Å². The van der Waals surface area contributed by atoms with Crippen LogP contribution < -0.4 is 11.1 Å². The summed E-state index contributed by atoms with van der Waals surface area (Å²) in [6.45, 7) is 7.64. The number of likely N-dealkylation sites (tertiary alicyclic amines) is 1. The Balaban J connectivity index is 1.68. The lowest BCUT2D eigenvalue weighted by molar-refractivity contribution is 0.1000. The van der Waals surface area contributed by atoms with Gasteiger partial charge in [-0.2, -0.15) is 0 Å². The Morgan fingerprint density at radius 3 is 2.85 bits per heavy atom. The van der Waals surface area contributed by atoms with Crippen LogP contribution >= 0.6 is 0 Å². The van der Waals surface area contributed by atoms with Gasteiger partial charge in [0.2, 0.25) is 5.91 Å². The Kier molecular flexibility index (Phi) is 5.56. The van der Waals surface area contributed by atoms with Crippen LogP contribution in [0.25, 0.3) is 0 Å². The van der Waals surface area contributed by atoms with Crippen LogP contribution in [-0.4, -0.2) is 37.0 Å². The number of carbonyl (C=O) groups is 1. The number of carbonyl (C=O) groups excluding carboxylic acids is 1. The van der Waals surface area contributed by atoms with E-state index in [0.717, 1.165) is 31.1 Å². The van der Waals surface area contributed by atoms with Crippen LogP contribution in [-0.2, 0) is 6.54 Å². The molecule has 1 saturated heterocycles. The fourth-order valence-electron chi connectivity index (χ4n) is 2.59. The van der Waals surface area contributed by atoms with Gasteiger partial charge in [0.05, 0.1) is 0 Å². The summed E-state index contributed by atoms with van der Waals surface area (Å²) < 4.78 is 0. The summed E-state index contributed by atoms with van der Waals surface area (Å²) >= 11 is 0. The van der Waals surface area contributed by atoms with E-state index in [1.165, 1.54) is 25.9 Å². The Morgan fingerprint density at radius 2 is 2.15 bits per heavy atom. The Hall–Kier alpha value is -1.39. The summed E-state index contributed by atoms with van der Waals surface area (Å²) in [5.74, 6) is 0.519. The average molecular weight is 275 g/mol. The molecular weight excluding hydrogens is 250 g/mol. The molecule has 4 heteroatoms. The van der Waals surface area contributed by atoms with Gasteiger partial charge in [-0.25, -0.2) is 0 Å². The molecule has 2 rings (SSSR count). The minimum absolute atomic E-state index is 0.366.